The number of rotatable bonds is 5. The molecule has 0 aliphatic heterocycles. The number of hydrogen-bond acceptors (Lipinski definition) is 5. The average molecular weight is 297 g/mol. The fraction of sp³-hybridized carbons (Fsp3) is 0.231. The molecule has 1 aromatic carbocycles. The molecular formula is C13H14ClFN4O. The van der Waals surface area contributed by atoms with Crippen LogP contribution in [0.3, 0.4) is 0 Å². The summed E-state index contributed by atoms with van der Waals surface area (Å²) in [6.45, 7) is 0.349. The number of nitrogen functional groups attached to an aromatic ring is 1. The zero-order chi connectivity index (χ0) is 14.5. The molecule has 0 aliphatic carbocycles. The molecule has 2 rings (SSSR count). The number of nitrogens with zero attached hydrogens (tertiary/aromatic N) is 2. The Morgan fingerprint density at radius 3 is 2.80 bits per heavy atom. The van der Waals surface area contributed by atoms with Crippen LogP contribution in [0.2, 0.25) is 5.02 Å². The molecular weight excluding hydrogens is 283 g/mol. The summed E-state index contributed by atoms with van der Waals surface area (Å²) in [6, 6.07) is 5.92. The van der Waals surface area contributed by atoms with E-state index in [2.05, 4.69) is 15.4 Å². The lowest BCUT2D eigenvalue weighted by Gasteiger charge is -2.08. The number of ether oxygens (including phenoxy) is 1. The second-order valence-corrected chi connectivity index (χ2v) is 4.56. The van der Waals surface area contributed by atoms with Crippen LogP contribution in [0.15, 0.2) is 24.3 Å². The number of hydrogen-bond donors (Lipinski definition) is 2. The van der Waals surface area contributed by atoms with Crippen molar-refractivity contribution in [3.63, 3.8) is 0 Å². The Kier molecular flexibility index (Phi) is 4.84. The summed E-state index contributed by atoms with van der Waals surface area (Å²) in [5.41, 5.74) is 3.92. The summed E-state index contributed by atoms with van der Waals surface area (Å²) in [7, 11) is 1.58. The Morgan fingerprint density at radius 2 is 2.15 bits per heavy atom. The number of aromatic nitrogens is 2. The minimum atomic E-state index is -0.378. The SMILES string of the molecule is COCc1cc(NN)nc(Cc2ccc(F)cc2Cl)n1. The van der Waals surface area contributed by atoms with Gasteiger partial charge in [-0.05, 0) is 17.7 Å². The van der Waals surface area contributed by atoms with Gasteiger partial charge in [0.05, 0.1) is 12.3 Å². The maximum absolute atomic E-state index is 13.0. The number of hydrazine groups is 1. The topological polar surface area (TPSA) is 73.1 Å². The lowest BCUT2D eigenvalue weighted by Crippen LogP contribution is -2.12. The highest BCUT2D eigenvalue weighted by atomic mass is 35.5. The van der Waals surface area contributed by atoms with Crippen LogP contribution in [0.4, 0.5) is 10.2 Å². The minimum Gasteiger partial charge on any atom is -0.378 e. The molecule has 1 heterocycles. The highest BCUT2D eigenvalue weighted by molar-refractivity contribution is 6.31. The van der Waals surface area contributed by atoms with Gasteiger partial charge in [0, 0.05) is 24.6 Å². The van der Waals surface area contributed by atoms with Crippen LogP contribution >= 0.6 is 11.6 Å². The van der Waals surface area contributed by atoms with Gasteiger partial charge >= 0.3 is 0 Å². The number of methoxy groups -OCH3 is 1. The van der Waals surface area contributed by atoms with Crippen LogP contribution in [0.1, 0.15) is 17.1 Å². The predicted octanol–water partition coefficient (Wildman–Crippen LogP) is 2.29. The number of nitrogens with two attached hydrogens (primary N) is 1. The average Bonchev–Trinajstić information content (AvgIpc) is 2.42. The van der Waals surface area contributed by atoms with Gasteiger partial charge in [0.15, 0.2) is 0 Å². The van der Waals surface area contributed by atoms with Crippen molar-refractivity contribution in [1.29, 1.82) is 0 Å². The molecule has 0 atom stereocenters. The maximum atomic E-state index is 13.0. The van der Waals surface area contributed by atoms with E-state index >= 15 is 0 Å². The first-order valence-electron chi connectivity index (χ1n) is 5.88. The van der Waals surface area contributed by atoms with E-state index < -0.39 is 0 Å². The zero-order valence-corrected chi connectivity index (χ0v) is 11.6. The Labute approximate surface area is 120 Å². The molecule has 5 nitrogen and oxygen atoms in total. The van der Waals surface area contributed by atoms with E-state index in [1.165, 1.54) is 12.1 Å². The van der Waals surface area contributed by atoms with Crippen LogP contribution in [-0.4, -0.2) is 17.1 Å². The van der Waals surface area contributed by atoms with Gasteiger partial charge in [-0.15, -0.1) is 0 Å². The summed E-state index contributed by atoms with van der Waals surface area (Å²) in [6.07, 6.45) is 0.380. The van der Waals surface area contributed by atoms with E-state index in [0.717, 1.165) is 5.56 Å². The Balaban J connectivity index is 2.29. The van der Waals surface area contributed by atoms with Crippen molar-refractivity contribution in [2.24, 2.45) is 5.84 Å². The van der Waals surface area contributed by atoms with Gasteiger partial charge in [-0.25, -0.2) is 20.2 Å². The second kappa shape index (κ2) is 6.60. The summed E-state index contributed by atoms with van der Waals surface area (Å²) < 4.78 is 18.0. The first kappa shape index (κ1) is 14.6. The fourth-order valence-corrected chi connectivity index (χ4v) is 2.00. The third-order valence-corrected chi connectivity index (χ3v) is 2.98. The minimum absolute atomic E-state index is 0.341. The normalized spacial score (nSPS) is 10.6. The molecule has 0 bridgehead atoms. The van der Waals surface area contributed by atoms with E-state index in [0.29, 0.717) is 35.4 Å². The number of halogens is 2. The van der Waals surface area contributed by atoms with Gasteiger partial charge in [0.1, 0.15) is 17.5 Å². The monoisotopic (exact) mass is 296 g/mol. The molecule has 20 heavy (non-hydrogen) atoms. The van der Waals surface area contributed by atoms with Gasteiger partial charge in [-0.1, -0.05) is 17.7 Å². The van der Waals surface area contributed by atoms with Gasteiger partial charge in [0.2, 0.25) is 0 Å². The van der Waals surface area contributed by atoms with Gasteiger partial charge in [-0.3, -0.25) is 0 Å². The Bertz CT molecular complexity index is 609. The summed E-state index contributed by atoms with van der Waals surface area (Å²) in [4.78, 5) is 8.58. The van der Waals surface area contributed by atoms with Crippen molar-refractivity contribution in [3.05, 3.63) is 52.2 Å². The molecule has 0 fully saturated rings. The second-order valence-electron chi connectivity index (χ2n) is 4.15. The molecule has 3 N–H and O–H groups in total. The zero-order valence-electron chi connectivity index (χ0n) is 10.9. The third kappa shape index (κ3) is 3.63. The molecule has 0 unspecified atom stereocenters. The Hall–Kier alpha value is -1.76. The molecule has 106 valence electrons. The quantitative estimate of drug-likeness (QED) is 0.654. The van der Waals surface area contributed by atoms with Crippen LogP contribution in [0.5, 0.6) is 0 Å². The standard InChI is InChI=1S/C13H14ClFN4O/c1-20-7-10-6-13(19-16)18-12(17-10)4-8-2-3-9(15)5-11(8)14/h2-3,5-6H,4,7,16H2,1H3,(H,17,18,19). The molecule has 0 amide bonds. The largest absolute Gasteiger partial charge is 0.378 e. The first-order valence-corrected chi connectivity index (χ1v) is 6.26. The molecule has 0 saturated carbocycles. The van der Waals surface area contributed by atoms with E-state index in [1.54, 1.807) is 19.2 Å². The van der Waals surface area contributed by atoms with Crippen LogP contribution in [-0.2, 0) is 17.8 Å². The summed E-state index contributed by atoms with van der Waals surface area (Å²) in [5, 5.41) is 0.341. The maximum Gasteiger partial charge on any atom is 0.144 e. The number of nitrogens with one attached hydrogen (secondary N) is 1. The summed E-state index contributed by atoms with van der Waals surface area (Å²) >= 11 is 5.99. The molecule has 7 heteroatoms. The Morgan fingerprint density at radius 1 is 1.35 bits per heavy atom. The van der Waals surface area contributed by atoms with Crippen LogP contribution < -0.4 is 11.3 Å². The highest BCUT2D eigenvalue weighted by Gasteiger charge is 2.08. The fourth-order valence-electron chi connectivity index (χ4n) is 1.76. The van der Waals surface area contributed by atoms with E-state index in [9.17, 15) is 4.39 Å². The molecule has 0 aliphatic rings. The van der Waals surface area contributed by atoms with Gasteiger partial charge in [-0.2, -0.15) is 0 Å². The van der Waals surface area contributed by atoms with Crippen molar-refractivity contribution < 1.29 is 9.13 Å². The first-order chi connectivity index (χ1) is 9.62. The van der Waals surface area contributed by atoms with Crippen LogP contribution in [0, 0.1) is 5.82 Å². The predicted molar refractivity (Wildman–Crippen MR) is 74.8 cm³/mol. The molecule has 1 aromatic heterocycles. The summed E-state index contributed by atoms with van der Waals surface area (Å²) in [5.74, 6) is 6.01. The number of anilines is 1. The lowest BCUT2D eigenvalue weighted by molar-refractivity contribution is 0.181. The van der Waals surface area contributed by atoms with Crippen molar-refractivity contribution in [1.82, 2.24) is 9.97 Å². The van der Waals surface area contributed by atoms with E-state index in [-0.39, 0.29) is 5.82 Å². The van der Waals surface area contributed by atoms with Crippen molar-refractivity contribution >= 4 is 17.4 Å². The van der Waals surface area contributed by atoms with E-state index in [4.69, 9.17) is 22.2 Å². The van der Waals surface area contributed by atoms with Crippen LogP contribution in [0.25, 0.3) is 0 Å². The molecule has 0 spiro atoms. The van der Waals surface area contributed by atoms with Gasteiger partial charge < -0.3 is 10.2 Å². The smallest absolute Gasteiger partial charge is 0.144 e. The molecule has 0 radical (unpaired) electrons. The van der Waals surface area contributed by atoms with Crippen molar-refractivity contribution in [2.45, 2.75) is 13.0 Å². The lowest BCUT2D eigenvalue weighted by atomic mass is 10.1. The molecule has 0 saturated heterocycles. The highest BCUT2D eigenvalue weighted by Crippen LogP contribution is 2.20. The molecule has 2 aromatic rings. The number of benzene rings is 1. The van der Waals surface area contributed by atoms with Crippen molar-refractivity contribution in [2.75, 3.05) is 12.5 Å². The third-order valence-electron chi connectivity index (χ3n) is 2.63. The van der Waals surface area contributed by atoms with Gasteiger partial charge in [0.25, 0.3) is 0 Å². The van der Waals surface area contributed by atoms with E-state index in [1.807, 2.05) is 0 Å². The van der Waals surface area contributed by atoms with Crippen molar-refractivity contribution in [3.8, 4) is 0 Å².